The Labute approximate surface area is 77.2 Å². The molecular weight excluding hydrogens is 164 g/mol. The third-order valence-corrected chi connectivity index (χ3v) is 2.42. The van der Waals surface area contributed by atoms with Crippen LogP contribution < -0.4 is 0 Å². The molecule has 0 atom stereocenters. The molecule has 0 amide bonds. The molecule has 13 heavy (non-hydrogen) atoms. The van der Waals surface area contributed by atoms with E-state index in [2.05, 4.69) is 0 Å². The molecule has 1 N–H and O–H groups in total. The zero-order chi connectivity index (χ0) is 9.26. The molecule has 0 radical (unpaired) electrons. The number of benzene rings is 1. The minimum atomic E-state index is -0.849. The lowest BCUT2D eigenvalue weighted by molar-refractivity contribution is 0.0697. The van der Waals surface area contributed by atoms with Crippen LogP contribution in [0.2, 0.25) is 0 Å². The molecule has 0 aliphatic heterocycles. The van der Waals surface area contributed by atoms with E-state index in [1.807, 2.05) is 12.1 Å². The summed E-state index contributed by atoms with van der Waals surface area (Å²) in [5, 5.41) is 8.67. The third-order valence-electron chi connectivity index (χ3n) is 2.42. The Bertz CT molecular complexity index is 309. The fourth-order valence-corrected chi connectivity index (χ4v) is 1.44. The van der Waals surface area contributed by atoms with Crippen molar-refractivity contribution in [2.24, 2.45) is 5.92 Å². The van der Waals surface area contributed by atoms with Crippen molar-refractivity contribution in [1.29, 1.82) is 0 Å². The topological polar surface area (TPSA) is 37.3 Å². The van der Waals surface area contributed by atoms with Crippen LogP contribution in [-0.2, 0) is 6.42 Å². The van der Waals surface area contributed by atoms with Crippen molar-refractivity contribution in [1.82, 2.24) is 0 Å². The molecule has 0 spiro atoms. The molecule has 1 aliphatic carbocycles. The average Bonchev–Trinajstić information content (AvgIpc) is 2.89. The SMILES string of the molecule is O=C(O)c1ccc(CC2CC2)cc1. The van der Waals surface area contributed by atoms with Gasteiger partial charge in [-0.05, 0) is 42.9 Å². The molecular formula is C11H12O2. The summed E-state index contributed by atoms with van der Waals surface area (Å²) >= 11 is 0. The van der Waals surface area contributed by atoms with E-state index in [4.69, 9.17) is 5.11 Å². The van der Waals surface area contributed by atoms with Crippen LogP contribution in [0.5, 0.6) is 0 Å². The fourth-order valence-electron chi connectivity index (χ4n) is 1.44. The second kappa shape index (κ2) is 3.21. The van der Waals surface area contributed by atoms with E-state index < -0.39 is 5.97 Å². The molecule has 1 aliphatic rings. The second-order valence-corrected chi connectivity index (χ2v) is 3.65. The highest BCUT2D eigenvalue weighted by atomic mass is 16.4. The summed E-state index contributed by atoms with van der Waals surface area (Å²) < 4.78 is 0. The quantitative estimate of drug-likeness (QED) is 0.767. The van der Waals surface area contributed by atoms with Gasteiger partial charge in [0.25, 0.3) is 0 Å². The van der Waals surface area contributed by atoms with Gasteiger partial charge >= 0.3 is 5.97 Å². The van der Waals surface area contributed by atoms with Crippen molar-refractivity contribution in [2.45, 2.75) is 19.3 Å². The summed E-state index contributed by atoms with van der Waals surface area (Å²) in [7, 11) is 0. The van der Waals surface area contributed by atoms with E-state index in [-0.39, 0.29) is 0 Å². The molecule has 1 saturated carbocycles. The van der Waals surface area contributed by atoms with Crippen LogP contribution in [0.1, 0.15) is 28.8 Å². The molecule has 1 fully saturated rings. The molecule has 0 unspecified atom stereocenters. The molecule has 0 saturated heterocycles. The van der Waals surface area contributed by atoms with E-state index in [1.54, 1.807) is 12.1 Å². The lowest BCUT2D eigenvalue weighted by atomic mass is 10.1. The predicted molar refractivity (Wildman–Crippen MR) is 49.8 cm³/mol. The number of carbonyl (C=O) groups is 1. The van der Waals surface area contributed by atoms with E-state index in [1.165, 1.54) is 18.4 Å². The smallest absolute Gasteiger partial charge is 0.335 e. The normalized spacial score (nSPS) is 15.7. The number of aromatic carboxylic acids is 1. The molecule has 68 valence electrons. The minimum Gasteiger partial charge on any atom is -0.478 e. The Hall–Kier alpha value is -1.31. The van der Waals surface area contributed by atoms with E-state index in [0.717, 1.165) is 12.3 Å². The van der Waals surface area contributed by atoms with Crippen LogP contribution in [0.25, 0.3) is 0 Å². The summed E-state index contributed by atoms with van der Waals surface area (Å²) in [5.74, 6) is 0.00801. The lowest BCUT2D eigenvalue weighted by Gasteiger charge is -1.99. The first-order valence-electron chi connectivity index (χ1n) is 4.58. The molecule has 0 aromatic heterocycles. The standard InChI is InChI=1S/C11H12O2/c12-11(13)10-5-3-9(4-6-10)7-8-1-2-8/h3-6,8H,1-2,7H2,(H,12,13). The summed E-state index contributed by atoms with van der Waals surface area (Å²) in [5.41, 5.74) is 1.63. The Kier molecular flexibility index (Phi) is 2.05. The fraction of sp³-hybridized carbons (Fsp3) is 0.364. The number of carboxylic acid groups (broad SMARTS) is 1. The maximum Gasteiger partial charge on any atom is 0.335 e. The van der Waals surface area contributed by atoms with Gasteiger partial charge in [-0.2, -0.15) is 0 Å². The van der Waals surface area contributed by atoms with E-state index in [9.17, 15) is 4.79 Å². The van der Waals surface area contributed by atoms with Crippen molar-refractivity contribution in [2.75, 3.05) is 0 Å². The monoisotopic (exact) mass is 176 g/mol. The van der Waals surface area contributed by atoms with Gasteiger partial charge in [0.2, 0.25) is 0 Å². The minimum absolute atomic E-state index is 0.375. The Balaban J connectivity index is 2.08. The molecule has 0 heterocycles. The number of carboxylic acids is 1. The molecule has 1 aromatic carbocycles. The van der Waals surface area contributed by atoms with E-state index in [0.29, 0.717) is 5.56 Å². The van der Waals surface area contributed by atoms with Crippen molar-refractivity contribution in [3.63, 3.8) is 0 Å². The van der Waals surface area contributed by atoms with Crippen molar-refractivity contribution in [3.05, 3.63) is 35.4 Å². The van der Waals surface area contributed by atoms with Crippen molar-refractivity contribution in [3.8, 4) is 0 Å². The first kappa shape index (κ1) is 8.30. The van der Waals surface area contributed by atoms with Crippen LogP contribution >= 0.6 is 0 Å². The van der Waals surface area contributed by atoms with E-state index >= 15 is 0 Å². The summed E-state index contributed by atoms with van der Waals surface area (Å²) in [6.07, 6.45) is 3.78. The number of hydrogen-bond acceptors (Lipinski definition) is 1. The van der Waals surface area contributed by atoms with Gasteiger partial charge in [0, 0.05) is 0 Å². The zero-order valence-electron chi connectivity index (χ0n) is 7.36. The summed E-state index contributed by atoms with van der Waals surface area (Å²) in [6.45, 7) is 0. The highest BCUT2D eigenvalue weighted by molar-refractivity contribution is 5.87. The highest BCUT2D eigenvalue weighted by Crippen LogP contribution is 2.32. The number of rotatable bonds is 3. The average molecular weight is 176 g/mol. The van der Waals surface area contributed by atoms with Crippen LogP contribution in [-0.4, -0.2) is 11.1 Å². The van der Waals surface area contributed by atoms with Crippen LogP contribution in [0.15, 0.2) is 24.3 Å². The van der Waals surface area contributed by atoms with Gasteiger partial charge in [0.05, 0.1) is 5.56 Å². The van der Waals surface area contributed by atoms with Gasteiger partial charge in [0.15, 0.2) is 0 Å². The molecule has 2 heteroatoms. The molecule has 2 rings (SSSR count). The van der Waals surface area contributed by atoms with Gasteiger partial charge in [0.1, 0.15) is 0 Å². The van der Waals surface area contributed by atoms with Crippen molar-refractivity contribution < 1.29 is 9.90 Å². The van der Waals surface area contributed by atoms with Crippen LogP contribution in [0.4, 0.5) is 0 Å². The highest BCUT2D eigenvalue weighted by Gasteiger charge is 2.21. The Morgan fingerprint density at radius 2 is 1.92 bits per heavy atom. The predicted octanol–water partition coefficient (Wildman–Crippen LogP) is 2.34. The van der Waals surface area contributed by atoms with Gasteiger partial charge in [-0.1, -0.05) is 12.1 Å². The molecule has 1 aromatic rings. The van der Waals surface area contributed by atoms with Gasteiger partial charge < -0.3 is 5.11 Å². The first-order valence-corrected chi connectivity index (χ1v) is 4.58. The van der Waals surface area contributed by atoms with Gasteiger partial charge in [-0.3, -0.25) is 0 Å². The summed E-state index contributed by atoms with van der Waals surface area (Å²) in [6, 6.07) is 7.20. The lowest BCUT2D eigenvalue weighted by Crippen LogP contribution is -1.96. The first-order chi connectivity index (χ1) is 6.25. The maximum absolute atomic E-state index is 10.5. The van der Waals surface area contributed by atoms with Gasteiger partial charge in [-0.25, -0.2) is 4.79 Å². The maximum atomic E-state index is 10.5. The van der Waals surface area contributed by atoms with Crippen LogP contribution in [0, 0.1) is 5.92 Å². The largest absolute Gasteiger partial charge is 0.478 e. The summed E-state index contributed by atoms with van der Waals surface area (Å²) in [4.78, 5) is 10.5. The Morgan fingerprint density at radius 3 is 2.38 bits per heavy atom. The van der Waals surface area contributed by atoms with Crippen LogP contribution in [0.3, 0.4) is 0 Å². The number of hydrogen-bond donors (Lipinski definition) is 1. The molecule has 0 bridgehead atoms. The van der Waals surface area contributed by atoms with Crippen molar-refractivity contribution >= 4 is 5.97 Å². The second-order valence-electron chi connectivity index (χ2n) is 3.65. The van der Waals surface area contributed by atoms with Gasteiger partial charge in [-0.15, -0.1) is 0 Å². The molecule has 2 nitrogen and oxygen atoms in total. The zero-order valence-corrected chi connectivity index (χ0v) is 7.36. The third kappa shape index (κ3) is 2.08. The Morgan fingerprint density at radius 1 is 1.31 bits per heavy atom.